The second-order valence-corrected chi connectivity index (χ2v) is 24.5. The van der Waals surface area contributed by atoms with Crippen LogP contribution >= 0.6 is 0 Å². The molecule has 0 saturated heterocycles. The minimum absolute atomic E-state index is 0.310. The van der Waals surface area contributed by atoms with Gasteiger partial charge >= 0.3 is 269 Å². The third-order valence-electron chi connectivity index (χ3n) is 12.0. The molecule has 5 atom stereocenters. The predicted octanol–water partition coefficient (Wildman–Crippen LogP) is 10.3. The van der Waals surface area contributed by atoms with Gasteiger partial charge in [0.25, 0.3) is 0 Å². The summed E-state index contributed by atoms with van der Waals surface area (Å²) in [6.07, 6.45) is 31.4. The van der Waals surface area contributed by atoms with Gasteiger partial charge in [0, 0.05) is 0 Å². The molecule has 8 rings (SSSR count). The van der Waals surface area contributed by atoms with Gasteiger partial charge in [0.15, 0.2) is 0 Å². The van der Waals surface area contributed by atoms with Crippen LogP contribution in [0, 0.1) is 11.8 Å². The van der Waals surface area contributed by atoms with Gasteiger partial charge in [-0.25, -0.2) is 0 Å². The number of carbonyl (C=O) groups is 1. The van der Waals surface area contributed by atoms with Gasteiger partial charge in [-0.05, 0) is 0 Å². The SMILES string of the molecule is C[CH]=[Zr]([CH2]C=O)(=[C](C1C=CC2=C1CCCC2)C1C=CC2=C1CCCC2)[CH](C1C=Cc2ccccc21)C1C=Cc2ccccc21. The molecule has 0 saturated carbocycles. The fraction of sp³-hybridized carbons (Fsp3) is 0.357. The number of aldehydes is 1. The summed E-state index contributed by atoms with van der Waals surface area (Å²) >= 11 is -3.77. The number of rotatable bonds is 7. The summed E-state index contributed by atoms with van der Waals surface area (Å²) in [6.45, 7) is 2.37. The molecule has 0 fully saturated rings. The summed E-state index contributed by atoms with van der Waals surface area (Å²) in [7, 11) is 0. The Kier molecular flexibility index (Phi) is 7.70. The first-order valence-corrected chi connectivity index (χ1v) is 23.0. The van der Waals surface area contributed by atoms with Crippen LogP contribution in [0.5, 0.6) is 0 Å². The van der Waals surface area contributed by atoms with Crippen molar-refractivity contribution in [2.45, 2.75) is 77.9 Å². The van der Waals surface area contributed by atoms with E-state index < -0.39 is 19.3 Å². The molecule has 5 unspecified atom stereocenters. The Morgan fingerprint density at radius 1 is 0.705 bits per heavy atom. The summed E-state index contributed by atoms with van der Waals surface area (Å²) in [5.74, 6) is 1.38. The van der Waals surface area contributed by atoms with Crippen molar-refractivity contribution in [2.24, 2.45) is 11.8 Å². The Morgan fingerprint density at radius 3 is 1.70 bits per heavy atom. The summed E-state index contributed by atoms with van der Waals surface area (Å²) in [5.41, 5.74) is 12.2. The monoisotopic (exact) mass is 654 g/mol. The van der Waals surface area contributed by atoms with Crippen LogP contribution in [0.15, 0.2) is 107 Å². The molecule has 0 heterocycles. The van der Waals surface area contributed by atoms with E-state index in [0.29, 0.717) is 27.3 Å². The number of hydrogen-bond acceptors (Lipinski definition) is 1. The standard InChI is InChI=1S/C19H22.C19H15.C2H3O.C2H4.Zr/c2*1-3-7-18-14(5-1)9-11-16(18)13-17-12-10-15-6-2-4-8-19(15)17;1-2-3;1-2;/h9-12,16-17H,1-8H2;1-13,16-17H;2H,1H2;1H,2H3;. The fourth-order valence-corrected chi connectivity index (χ4v) is 24.1. The van der Waals surface area contributed by atoms with Crippen LogP contribution in [-0.4, -0.2) is 13.2 Å². The molecule has 0 bridgehead atoms. The molecule has 1 nitrogen and oxygen atoms in total. The van der Waals surface area contributed by atoms with Crippen LogP contribution in [0.3, 0.4) is 0 Å². The van der Waals surface area contributed by atoms with Gasteiger partial charge in [0.2, 0.25) is 0 Å². The van der Waals surface area contributed by atoms with Gasteiger partial charge in [0.1, 0.15) is 0 Å². The second-order valence-electron chi connectivity index (χ2n) is 13.9. The van der Waals surface area contributed by atoms with Crippen molar-refractivity contribution in [2.75, 3.05) is 0 Å². The van der Waals surface area contributed by atoms with Crippen LogP contribution < -0.4 is 0 Å². The van der Waals surface area contributed by atoms with Crippen LogP contribution in [0.4, 0.5) is 0 Å². The van der Waals surface area contributed by atoms with Gasteiger partial charge in [-0.15, -0.1) is 0 Å². The molecule has 44 heavy (non-hydrogen) atoms. The third-order valence-corrected chi connectivity index (χ3v) is 25.5. The molecular weight excluding hydrogens is 612 g/mol. The summed E-state index contributed by atoms with van der Waals surface area (Å²) in [4.78, 5) is 13.2. The van der Waals surface area contributed by atoms with Gasteiger partial charge < -0.3 is 0 Å². The van der Waals surface area contributed by atoms with Crippen molar-refractivity contribution in [3.05, 3.63) is 130 Å². The van der Waals surface area contributed by atoms with Crippen LogP contribution in [0.25, 0.3) is 12.2 Å². The molecule has 222 valence electrons. The first-order valence-electron chi connectivity index (χ1n) is 17.2. The molecule has 0 amide bonds. The Balaban J connectivity index is 1.45. The molecule has 2 aromatic carbocycles. The number of carbonyl (C=O) groups excluding carboxylic acids is 1. The van der Waals surface area contributed by atoms with E-state index in [-0.39, 0.29) is 0 Å². The Hall–Kier alpha value is -2.83. The molecule has 6 aliphatic rings. The normalized spacial score (nSPS) is 27.3. The van der Waals surface area contributed by atoms with E-state index >= 15 is 0 Å². The minimum atomic E-state index is -3.77. The maximum absolute atomic E-state index is 13.2. The molecule has 0 spiro atoms. The fourth-order valence-electron chi connectivity index (χ4n) is 10.1. The number of fused-ring (bicyclic) bond motifs is 2. The average molecular weight is 656 g/mol. The van der Waals surface area contributed by atoms with Crippen molar-refractivity contribution in [3.63, 3.8) is 0 Å². The van der Waals surface area contributed by atoms with Gasteiger partial charge in [0.05, 0.1) is 0 Å². The number of hydrogen-bond donors (Lipinski definition) is 0. The van der Waals surface area contributed by atoms with Crippen molar-refractivity contribution < 1.29 is 24.1 Å². The van der Waals surface area contributed by atoms with E-state index in [9.17, 15) is 4.79 Å². The van der Waals surface area contributed by atoms with Gasteiger partial charge in [-0.1, -0.05) is 0 Å². The number of allylic oxidation sites excluding steroid dienone is 10. The first-order chi connectivity index (χ1) is 21.7. The van der Waals surface area contributed by atoms with E-state index in [0.717, 1.165) is 4.13 Å². The summed E-state index contributed by atoms with van der Waals surface area (Å²) in [6, 6.07) is 18.1. The average Bonchev–Trinajstić information content (AvgIpc) is 3.88. The summed E-state index contributed by atoms with van der Waals surface area (Å²) < 4.78 is 5.61. The molecule has 0 aliphatic heterocycles. The summed E-state index contributed by atoms with van der Waals surface area (Å²) in [5, 5.41) is 0. The zero-order valence-electron chi connectivity index (χ0n) is 26.1. The number of benzene rings is 2. The second kappa shape index (κ2) is 11.8. The van der Waals surface area contributed by atoms with E-state index in [1.807, 2.05) is 0 Å². The van der Waals surface area contributed by atoms with Crippen molar-refractivity contribution in [3.8, 4) is 0 Å². The van der Waals surface area contributed by atoms with Crippen LogP contribution in [0.1, 0.15) is 92.4 Å². The van der Waals surface area contributed by atoms with E-state index in [2.05, 4.69) is 108 Å². The molecular formula is C42H44OZr. The Labute approximate surface area is 267 Å². The van der Waals surface area contributed by atoms with E-state index in [1.54, 1.807) is 25.5 Å². The molecule has 6 aliphatic carbocycles. The van der Waals surface area contributed by atoms with E-state index in [1.165, 1.54) is 79.9 Å². The quantitative estimate of drug-likeness (QED) is 0.271. The predicted molar refractivity (Wildman–Crippen MR) is 184 cm³/mol. The zero-order valence-corrected chi connectivity index (χ0v) is 28.5. The molecule has 0 aromatic heterocycles. The molecule has 0 radical (unpaired) electrons. The molecule has 2 aromatic rings. The Morgan fingerprint density at radius 2 is 1.20 bits per heavy atom. The molecule has 0 N–H and O–H groups in total. The zero-order chi connectivity index (χ0) is 29.7. The third kappa shape index (κ3) is 4.54. The maximum atomic E-state index is 13.2. The van der Waals surface area contributed by atoms with Crippen LogP contribution in [0.2, 0.25) is 7.75 Å². The van der Waals surface area contributed by atoms with Crippen molar-refractivity contribution >= 4 is 25.4 Å². The van der Waals surface area contributed by atoms with Crippen molar-refractivity contribution in [1.29, 1.82) is 0 Å². The van der Waals surface area contributed by atoms with Crippen LogP contribution in [-0.2, 0) is 24.1 Å². The van der Waals surface area contributed by atoms with Crippen molar-refractivity contribution in [1.82, 2.24) is 0 Å². The topological polar surface area (TPSA) is 17.1 Å². The van der Waals surface area contributed by atoms with E-state index in [4.69, 9.17) is 0 Å². The van der Waals surface area contributed by atoms with Gasteiger partial charge in [-0.2, -0.15) is 0 Å². The van der Waals surface area contributed by atoms with Gasteiger partial charge in [-0.3, -0.25) is 0 Å². The molecule has 2 heteroatoms. The Bertz CT molecular complexity index is 1720. The first kappa shape index (κ1) is 28.6.